The van der Waals surface area contributed by atoms with Gasteiger partial charge in [-0.3, -0.25) is 0 Å². The molecule has 0 spiro atoms. The molecule has 1 unspecified atom stereocenters. The molecule has 1 N–H and O–H groups in total. The number of hydrogen-bond donors (Lipinski definition) is 1. The highest BCUT2D eigenvalue weighted by Gasteiger charge is 2.44. The lowest BCUT2D eigenvalue weighted by molar-refractivity contribution is 0.151. The van der Waals surface area contributed by atoms with Gasteiger partial charge in [-0.05, 0) is 25.3 Å². The van der Waals surface area contributed by atoms with E-state index >= 15 is 0 Å². The van der Waals surface area contributed by atoms with E-state index in [4.69, 9.17) is 0 Å². The zero-order valence-corrected chi connectivity index (χ0v) is 11.3. The van der Waals surface area contributed by atoms with E-state index in [2.05, 4.69) is 34.2 Å². The standard InChI is InChI=1S/C11H26OSi/c1-9(2)8-13(7,10(3)4)11(5,6)12/h9-10,12H,8H2,1-7H3. The van der Waals surface area contributed by atoms with E-state index < -0.39 is 13.3 Å². The van der Waals surface area contributed by atoms with E-state index in [1.807, 2.05) is 13.8 Å². The average Bonchev–Trinajstić information content (AvgIpc) is 1.82. The molecule has 0 bridgehead atoms. The van der Waals surface area contributed by atoms with Crippen LogP contribution in [0.15, 0.2) is 0 Å². The summed E-state index contributed by atoms with van der Waals surface area (Å²) in [5.41, 5.74) is 0.648. The molecule has 1 atom stereocenters. The Labute approximate surface area is 84.6 Å². The van der Waals surface area contributed by atoms with Crippen LogP contribution in [0.5, 0.6) is 0 Å². The van der Waals surface area contributed by atoms with Gasteiger partial charge in [0.25, 0.3) is 0 Å². The Morgan fingerprint density at radius 3 is 1.62 bits per heavy atom. The molecule has 0 heterocycles. The summed E-state index contributed by atoms with van der Waals surface area (Å²) < 4.78 is 0. The monoisotopic (exact) mass is 202 g/mol. The molecule has 0 saturated heterocycles. The van der Waals surface area contributed by atoms with E-state index in [9.17, 15) is 5.11 Å². The molecule has 0 fully saturated rings. The van der Waals surface area contributed by atoms with Crippen molar-refractivity contribution in [3.8, 4) is 0 Å². The second-order valence-electron chi connectivity index (χ2n) is 5.73. The van der Waals surface area contributed by atoms with Crippen LogP contribution < -0.4 is 0 Å². The molecular formula is C11H26OSi. The average molecular weight is 202 g/mol. The van der Waals surface area contributed by atoms with Gasteiger partial charge in [-0.2, -0.15) is 0 Å². The van der Waals surface area contributed by atoms with Crippen molar-refractivity contribution >= 4 is 8.07 Å². The first-order valence-corrected chi connectivity index (χ1v) is 8.12. The molecule has 2 heteroatoms. The third kappa shape index (κ3) is 3.10. The Bertz CT molecular complexity index is 158. The molecule has 0 aromatic carbocycles. The lowest BCUT2D eigenvalue weighted by Crippen LogP contribution is -2.55. The van der Waals surface area contributed by atoms with Gasteiger partial charge in [-0.15, -0.1) is 0 Å². The summed E-state index contributed by atoms with van der Waals surface area (Å²) in [7, 11) is -1.54. The fraction of sp³-hybridized carbons (Fsp3) is 1.00. The fourth-order valence-corrected chi connectivity index (χ4v) is 6.12. The minimum atomic E-state index is -1.54. The second-order valence-corrected chi connectivity index (χ2v) is 11.4. The van der Waals surface area contributed by atoms with Crippen LogP contribution in [0.3, 0.4) is 0 Å². The summed E-state index contributed by atoms with van der Waals surface area (Å²) >= 11 is 0. The summed E-state index contributed by atoms with van der Waals surface area (Å²) in [5, 5.41) is 9.76. The molecular weight excluding hydrogens is 176 g/mol. The number of aliphatic hydroxyl groups is 1. The Kier molecular flexibility index (Phi) is 4.19. The zero-order valence-electron chi connectivity index (χ0n) is 10.3. The largest absolute Gasteiger partial charge is 0.394 e. The van der Waals surface area contributed by atoms with Crippen molar-refractivity contribution in [2.75, 3.05) is 0 Å². The van der Waals surface area contributed by atoms with E-state index in [0.717, 1.165) is 0 Å². The zero-order chi connectivity index (χ0) is 10.9. The minimum absolute atomic E-state index is 0.453. The third-order valence-electron chi connectivity index (χ3n) is 3.50. The van der Waals surface area contributed by atoms with Crippen molar-refractivity contribution in [1.29, 1.82) is 0 Å². The molecule has 0 saturated carbocycles. The van der Waals surface area contributed by atoms with Gasteiger partial charge < -0.3 is 5.11 Å². The van der Waals surface area contributed by atoms with Crippen LogP contribution in [-0.4, -0.2) is 18.4 Å². The van der Waals surface area contributed by atoms with Crippen molar-refractivity contribution in [3.05, 3.63) is 0 Å². The van der Waals surface area contributed by atoms with Gasteiger partial charge in [0.15, 0.2) is 0 Å². The highest BCUT2D eigenvalue weighted by atomic mass is 28.3. The minimum Gasteiger partial charge on any atom is -0.394 e. The van der Waals surface area contributed by atoms with Gasteiger partial charge in [-0.1, -0.05) is 40.3 Å². The SMILES string of the molecule is CC(C)C[Si](C)(C(C)C)C(C)(C)O. The van der Waals surface area contributed by atoms with Crippen molar-refractivity contribution in [1.82, 2.24) is 0 Å². The molecule has 13 heavy (non-hydrogen) atoms. The van der Waals surface area contributed by atoms with Crippen LogP contribution >= 0.6 is 0 Å². The predicted octanol–water partition coefficient (Wildman–Crippen LogP) is 3.44. The van der Waals surface area contributed by atoms with E-state index in [1.165, 1.54) is 6.04 Å². The maximum Gasteiger partial charge on any atom is 0.0901 e. The van der Waals surface area contributed by atoms with Gasteiger partial charge in [0.05, 0.1) is 13.3 Å². The summed E-state index contributed by atoms with van der Waals surface area (Å²) in [6.07, 6.45) is 0. The molecule has 0 aromatic heterocycles. The van der Waals surface area contributed by atoms with Gasteiger partial charge in [0.2, 0.25) is 0 Å². The third-order valence-corrected chi connectivity index (χ3v) is 10.5. The van der Waals surface area contributed by atoms with Crippen LogP contribution in [0.1, 0.15) is 41.5 Å². The Hall–Kier alpha value is 0.177. The molecule has 0 amide bonds. The van der Waals surface area contributed by atoms with E-state index in [0.29, 0.717) is 11.5 Å². The topological polar surface area (TPSA) is 20.2 Å². The highest BCUT2D eigenvalue weighted by molar-refractivity contribution is 6.82. The number of hydrogen-bond acceptors (Lipinski definition) is 1. The van der Waals surface area contributed by atoms with Gasteiger partial charge >= 0.3 is 0 Å². The first-order chi connectivity index (χ1) is 5.61. The first kappa shape index (κ1) is 13.2. The van der Waals surface area contributed by atoms with Gasteiger partial charge in [-0.25, -0.2) is 0 Å². The maximum absolute atomic E-state index is 10.2. The van der Waals surface area contributed by atoms with Crippen LogP contribution in [-0.2, 0) is 0 Å². The van der Waals surface area contributed by atoms with Gasteiger partial charge in [0, 0.05) is 0 Å². The molecule has 80 valence electrons. The molecule has 0 radical (unpaired) electrons. The molecule has 0 aliphatic carbocycles. The smallest absolute Gasteiger partial charge is 0.0901 e. The van der Waals surface area contributed by atoms with E-state index in [1.54, 1.807) is 0 Å². The van der Waals surface area contributed by atoms with Crippen molar-refractivity contribution in [3.63, 3.8) is 0 Å². The normalized spacial score (nSPS) is 18.0. The molecule has 0 rings (SSSR count). The number of rotatable bonds is 4. The maximum atomic E-state index is 10.2. The summed E-state index contributed by atoms with van der Waals surface area (Å²) in [6.45, 7) is 15.3. The molecule has 1 nitrogen and oxygen atoms in total. The molecule has 0 aliphatic heterocycles. The van der Waals surface area contributed by atoms with Crippen molar-refractivity contribution in [2.24, 2.45) is 5.92 Å². The Morgan fingerprint density at radius 2 is 1.54 bits per heavy atom. The second kappa shape index (κ2) is 4.14. The Balaban J connectivity index is 4.74. The van der Waals surface area contributed by atoms with E-state index in [-0.39, 0.29) is 0 Å². The van der Waals surface area contributed by atoms with Crippen LogP contribution in [0, 0.1) is 5.92 Å². The summed E-state index contributed by atoms with van der Waals surface area (Å²) in [5.74, 6) is 0.700. The highest BCUT2D eigenvalue weighted by Crippen LogP contribution is 2.37. The molecule has 0 aromatic rings. The predicted molar refractivity (Wildman–Crippen MR) is 62.7 cm³/mol. The lowest BCUT2D eigenvalue weighted by atomic mass is 10.3. The van der Waals surface area contributed by atoms with Crippen molar-refractivity contribution < 1.29 is 5.11 Å². The van der Waals surface area contributed by atoms with Crippen LogP contribution in [0.4, 0.5) is 0 Å². The quantitative estimate of drug-likeness (QED) is 0.692. The molecule has 0 aliphatic rings. The Morgan fingerprint density at radius 1 is 1.15 bits per heavy atom. The van der Waals surface area contributed by atoms with Crippen molar-refractivity contribution in [2.45, 2.75) is 64.9 Å². The van der Waals surface area contributed by atoms with Crippen LogP contribution in [0.25, 0.3) is 0 Å². The summed E-state index contributed by atoms with van der Waals surface area (Å²) in [4.78, 5) is 0. The summed E-state index contributed by atoms with van der Waals surface area (Å²) in [6, 6.07) is 1.22. The van der Waals surface area contributed by atoms with Gasteiger partial charge in [0.1, 0.15) is 0 Å². The first-order valence-electron chi connectivity index (χ1n) is 5.33. The van der Waals surface area contributed by atoms with Crippen LogP contribution in [0.2, 0.25) is 18.1 Å². The fourth-order valence-electron chi connectivity index (χ4n) is 2.04. The lowest BCUT2D eigenvalue weighted by Gasteiger charge is -2.43.